The second-order valence-electron chi connectivity index (χ2n) is 28.4. The van der Waals surface area contributed by atoms with Gasteiger partial charge in [-0.15, -0.1) is 0 Å². The molecule has 0 spiro atoms. The van der Waals surface area contributed by atoms with E-state index in [0.717, 1.165) is 38.5 Å². The minimum Gasteiger partial charge on any atom is -0.545 e. The number of ether oxygens (including phenoxy) is 4. The Hall–Kier alpha value is -1.97. The van der Waals surface area contributed by atoms with E-state index in [4.69, 9.17) is 18.9 Å². The molecule has 0 saturated carbocycles. The van der Waals surface area contributed by atoms with E-state index in [-0.39, 0.29) is 32.2 Å². The molecule has 9 nitrogen and oxygen atoms in total. The van der Waals surface area contributed by atoms with Gasteiger partial charge >= 0.3 is 11.9 Å². The SMILES string of the molecule is CCCCCCCCCC/C=C\CCCCCCCCCCCCCCCCCCCCCC(=O)OC(COC(=O)CCCCCCCCCCCCCCCCCCCCCCCCCCCCCCCCCC)COC(OCC[N+](C)(C)C)C(=O)[O-]. The zero-order chi connectivity index (χ0) is 64.0. The summed E-state index contributed by atoms with van der Waals surface area (Å²) in [6, 6.07) is 0. The zero-order valence-corrected chi connectivity index (χ0v) is 59.9. The molecule has 0 saturated heterocycles. The highest BCUT2D eigenvalue weighted by Gasteiger charge is 2.22. The molecule has 0 aromatic rings. The summed E-state index contributed by atoms with van der Waals surface area (Å²) >= 11 is 0. The number of rotatable bonds is 75. The van der Waals surface area contributed by atoms with Crippen molar-refractivity contribution in [3.05, 3.63) is 12.2 Å². The van der Waals surface area contributed by atoms with E-state index in [1.807, 2.05) is 21.1 Å². The van der Waals surface area contributed by atoms with Gasteiger partial charge in [0.05, 0.1) is 40.3 Å². The van der Waals surface area contributed by atoms with Crippen LogP contribution >= 0.6 is 0 Å². The molecule has 9 heteroatoms. The highest BCUT2D eigenvalue weighted by molar-refractivity contribution is 5.70. The fourth-order valence-electron chi connectivity index (χ4n) is 12.2. The van der Waals surface area contributed by atoms with Crippen molar-refractivity contribution in [1.29, 1.82) is 0 Å². The van der Waals surface area contributed by atoms with Gasteiger partial charge in [-0.3, -0.25) is 9.59 Å². The Bertz CT molecular complexity index is 1450. The van der Waals surface area contributed by atoms with Crippen molar-refractivity contribution >= 4 is 17.9 Å². The molecule has 0 bridgehead atoms. The minimum absolute atomic E-state index is 0.153. The highest BCUT2D eigenvalue weighted by atomic mass is 16.7. The smallest absolute Gasteiger partial charge is 0.306 e. The molecule has 0 aliphatic heterocycles. The van der Waals surface area contributed by atoms with Crippen LogP contribution in [0.25, 0.3) is 0 Å². The monoisotopic (exact) mass is 1240 g/mol. The van der Waals surface area contributed by atoms with E-state index < -0.39 is 24.3 Å². The van der Waals surface area contributed by atoms with Crippen molar-refractivity contribution in [1.82, 2.24) is 0 Å². The first-order chi connectivity index (χ1) is 43.1. The Morgan fingerprint density at radius 3 is 0.841 bits per heavy atom. The molecule has 88 heavy (non-hydrogen) atoms. The summed E-state index contributed by atoms with van der Waals surface area (Å²) in [7, 11) is 5.95. The molecule has 0 heterocycles. The van der Waals surface area contributed by atoms with E-state index in [1.54, 1.807) is 0 Å². The van der Waals surface area contributed by atoms with Gasteiger partial charge in [-0.25, -0.2) is 0 Å². The fourth-order valence-corrected chi connectivity index (χ4v) is 12.2. The summed E-state index contributed by atoms with van der Waals surface area (Å²) in [4.78, 5) is 37.6. The molecule has 2 atom stereocenters. The number of allylic oxidation sites excluding steroid dienone is 2. The van der Waals surface area contributed by atoms with Gasteiger partial charge in [-0.05, 0) is 38.5 Å². The van der Waals surface area contributed by atoms with Gasteiger partial charge in [0.15, 0.2) is 12.4 Å². The lowest BCUT2D eigenvalue weighted by Gasteiger charge is -2.26. The summed E-state index contributed by atoms with van der Waals surface area (Å²) < 4.78 is 22.9. The number of unbranched alkanes of at least 4 members (excludes halogenated alkanes) is 58. The number of carbonyl (C=O) groups excluding carboxylic acids is 3. The van der Waals surface area contributed by atoms with Crippen LogP contribution in [-0.2, 0) is 33.3 Å². The number of quaternary nitrogens is 1. The van der Waals surface area contributed by atoms with Crippen molar-refractivity contribution in [3.63, 3.8) is 0 Å². The van der Waals surface area contributed by atoms with Gasteiger partial charge in [-0.1, -0.05) is 379 Å². The quantitative estimate of drug-likeness (QED) is 0.0195. The number of carboxylic acids is 1. The number of nitrogens with zero attached hydrogens (tertiary/aromatic N) is 1. The van der Waals surface area contributed by atoms with Crippen LogP contribution in [-0.4, -0.2) is 82.3 Å². The molecule has 0 rings (SSSR count). The van der Waals surface area contributed by atoms with E-state index in [1.165, 1.54) is 353 Å². The normalized spacial score (nSPS) is 12.6. The fraction of sp³-hybridized carbons (Fsp3) is 0.937. The summed E-state index contributed by atoms with van der Waals surface area (Å²) in [5.74, 6) is -2.24. The topological polar surface area (TPSA) is 111 Å². The summed E-state index contributed by atoms with van der Waals surface area (Å²) in [5, 5.41) is 11.8. The number of hydrogen-bond donors (Lipinski definition) is 0. The number of esters is 2. The van der Waals surface area contributed by atoms with Gasteiger partial charge in [0.2, 0.25) is 0 Å². The minimum atomic E-state index is -1.62. The Kier molecular flexibility index (Phi) is 69.3. The third kappa shape index (κ3) is 71.5. The first-order valence-corrected chi connectivity index (χ1v) is 39.3. The largest absolute Gasteiger partial charge is 0.545 e. The lowest BCUT2D eigenvalue weighted by Crippen LogP contribution is -2.44. The molecule has 0 radical (unpaired) electrons. The summed E-state index contributed by atoms with van der Waals surface area (Å²) in [6.07, 6.45) is 84.8. The Balaban J connectivity index is 3.97. The van der Waals surface area contributed by atoms with Gasteiger partial charge in [0.25, 0.3) is 0 Å². The number of carboxylic acid groups (broad SMARTS) is 1. The van der Waals surface area contributed by atoms with Gasteiger partial charge in [0, 0.05) is 12.8 Å². The van der Waals surface area contributed by atoms with Crippen LogP contribution in [0, 0.1) is 0 Å². The van der Waals surface area contributed by atoms with Crippen LogP contribution in [0.3, 0.4) is 0 Å². The lowest BCUT2D eigenvalue weighted by atomic mass is 10.0. The molecule has 522 valence electrons. The maximum absolute atomic E-state index is 13.0. The zero-order valence-electron chi connectivity index (χ0n) is 59.9. The van der Waals surface area contributed by atoms with Crippen LogP contribution in [0.2, 0.25) is 0 Å². The number of likely N-dealkylation sites (N-methyl/N-ethyl adjacent to an activating group) is 1. The van der Waals surface area contributed by atoms with Crippen molar-refractivity contribution in [2.45, 2.75) is 431 Å². The van der Waals surface area contributed by atoms with E-state index in [2.05, 4.69) is 26.0 Å². The third-order valence-electron chi connectivity index (χ3n) is 18.3. The Morgan fingerprint density at radius 2 is 0.580 bits per heavy atom. The van der Waals surface area contributed by atoms with E-state index in [9.17, 15) is 19.5 Å². The van der Waals surface area contributed by atoms with Gasteiger partial charge in [-0.2, -0.15) is 0 Å². The lowest BCUT2D eigenvalue weighted by molar-refractivity contribution is -0.870. The standard InChI is InChI=1S/C79H153NO8/c1-6-8-10-12-14-16-18-20-22-24-26-28-30-32-34-36-38-40-41-43-45-47-49-51-53-55-57-59-61-63-65-67-69-76(81)86-73-75(74-87-79(78(83)84)85-72-71-80(3,4)5)88-77(82)70-68-66-64-62-60-58-56-54-52-50-48-46-44-42-39-37-35-33-31-29-27-25-23-21-19-17-15-13-11-9-7-2/h25,27,75,79H,6-24,26,28-74H2,1-5H3/b27-25-. The molecule has 0 N–H and O–H groups in total. The molecule has 0 aromatic heterocycles. The molecule has 0 aliphatic carbocycles. The predicted octanol–water partition coefficient (Wildman–Crippen LogP) is 23.4. The van der Waals surface area contributed by atoms with Crippen molar-refractivity contribution in [2.75, 3.05) is 47.5 Å². The van der Waals surface area contributed by atoms with Gasteiger partial charge in [0.1, 0.15) is 13.2 Å². The molecular weight excluding hydrogens is 1090 g/mol. The maximum atomic E-state index is 13.0. The van der Waals surface area contributed by atoms with Crippen LogP contribution < -0.4 is 5.11 Å². The van der Waals surface area contributed by atoms with Gasteiger partial charge < -0.3 is 33.3 Å². The van der Waals surface area contributed by atoms with Crippen LogP contribution in [0.1, 0.15) is 418 Å². The first kappa shape index (κ1) is 86.0. The molecule has 0 aromatic carbocycles. The summed E-state index contributed by atoms with van der Waals surface area (Å²) in [5.41, 5.74) is 0. The third-order valence-corrected chi connectivity index (χ3v) is 18.3. The van der Waals surface area contributed by atoms with Crippen molar-refractivity contribution in [2.24, 2.45) is 0 Å². The molecule has 2 unspecified atom stereocenters. The van der Waals surface area contributed by atoms with Crippen LogP contribution in [0.5, 0.6) is 0 Å². The number of aliphatic carboxylic acids is 1. The highest BCUT2D eigenvalue weighted by Crippen LogP contribution is 2.20. The van der Waals surface area contributed by atoms with E-state index in [0.29, 0.717) is 17.4 Å². The molecule has 0 aliphatic rings. The van der Waals surface area contributed by atoms with Crippen molar-refractivity contribution in [3.8, 4) is 0 Å². The Morgan fingerprint density at radius 1 is 0.330 bits per heavy atom. The molecule has 0 fully saturated rings. The first-order valence-electron chi connectivity index (χ1n) is 39.3. The van der Waals surface area contributed by atoms with Crippen LogP contribution in [0.15, 0.2) is 12.2 Å². The Labute approximate surface area is 548 Å². The average Bonchev–Trinajstić information content (AvgIpc) is 3.50. The molecular formula is C79H153NO8. The van der Waals surface area contributed by atoms with Crippen molar-refractivity contribution < 1.29 is 42.9 Å². The predicted molar refractivity (Wildman–Crippen MR) is 376 cm³/mol. The van der Waals surface area contributed by atoms with Crippen LogP contribution in [0.4, 0.5) is 0 Å². The second-order valence-corrected chi connectivity index (χ2v) is 28.4. The molecule has 0 amide bonds. The number of hydrogen-bond acceptors (Lipinski definition) is 8. The summed E-state index contributed by atoms with van der Waals surface area (Å²) in [6.45, 7) is 4.84. The number of carbonyl (C=O) groups is 3. The average molecular weight is 1250 g/mol. The maximum Gasteiger partial charge on any atom is 0.306 e. The van der Waals surface area contributed by atoms with E-state index >= 15 is 0 Å². The second kappa shape index (κ2) is 70.9.